The third-order valence-corrected chi connectivity index (χ3v) is 3.51. The van der Waals surface area contributed by atoms with Crippen molar-refractivity contribution in [2.24, 2.45) is 0 Å². The Morgan fingerprint density at radius 2 is 1.81 bits per heavy atom. The highest BCUT2D eigenvalue weighted by Crippen LogP contribution is 2.32. The number of nitro groups is 1. The first-order chi connectivity index (χ1) is 13.1. The van der Waals surface area contributed by atoms with E-state index in [-0.39, 0.29) is 22.5 Å². The maximum Gasteiger partial charge on any atom is 0.355 e. The number of nitrogens with zero attached hydrogens (tertiary/aromatic N) is 5. The van der Waals surface area contributed by atoms with E-state index in [1.807, 2.05) is 0 Å². The minimum Gasteiger partial charge on any atom is -0.332 e. The third kappa shape index (κ3) is 4.22. The molecule has 0 radical (unpaired) electrons. The van der Waals surface area contributed by atoms with E-state index < -0.39 is 16.5 Å². The molecule has 0 saturated heterocycles. The van der Waals surface area contributed by atoms with Crippen LogP contribution in [0.5, 0.6) is 0 Å². The highest BCUT2D eigenvalue weighted by Gasteiger charge is 2.24. The van der Waals surface area contributed by atoms with Gasteiger partial charge in [0.25, 0.3) is 5.91 Å². The first kappa shape index (κ1) is 17.9. The lowest BCUT2D eigenvalue weighted by molar-refractivity contribution is -0.383. The Labute approximate surface area is 157 Å². The number of nitrogens with one attached hydrogen (secondary N) is 3. The lowest BCUT2D eigenvalue weighted by Crippen LogP contribution is -2.31. The average Bonchev–Trinajstić information content (AvgIpc) is 2.68. The van der Waals surface area contributed by atoms with E-state index in [1.54, 1.807) is 24.3 Å². The van der Waals surface area contributed by atoms with Crippen LogP contribution in [0.3, 0.4) is 0 Å². The summed E-state index contributed by atoms with van der Waals surface area (Å²) in [6.07, 6.45) is 4.01. The zero-order valence-electron chi connectivity index (χ0n) is 13.5. The van der Waals surface area contributed by atoms with Gasteiger partial charge in [-0.15, -0.1) is 0 Å². The number of halogens is 1. The summed E-state index contributed by atoms with van der Waals surface area (Å²) in [6, 6.07) is 7.96. The normalized spacial score (nSPS) is 10.1. The second-order valence-corrected chi connectivity index (χ2v) is 5.30. The lowest BCUT2D eigenvalue weighted by Gasteiger charge is -2.11. The molecule has 3 heterocycles. The first-order valence-electron chi connectivity index (χ1n) is 7.40. The molecule has 0 aliphatic rings. The van der Waals surface area contributed by atoms with Gasteiger partial charge in [0, 0.05) is 12.4 Å². The number of carbonyl (C=O) groups is 1. The number of aromatic nitrogens is 4. The molecule has 0 aliphatic heterocycles. The molecule has 12 heteroatoms. The number of pyridine rings is 2. The molecule has 27 heavy (non-hydrogen) atoms. The van der Waals surface area contributed by atoms with Crippen LogP contribution in [-0.4, -0.2) is 30.8 Å². The minimum absolute atomic E-state index is 0.114. The molecule has 0 saturated carbocycles. The summed E-state index contributed by atoms with van der Waals surface area (Å²) in [4.78, 5) is 38.3. The smallest absolute Gasteiger partial charge is 0.332 e. The van der Waals surface area contributed by atoms with Crippen molar-refractivity contribution >= 4 is 40.5 Å². The zero-order valence-corrected chi connectivity index (χ0v) is 14.2. The van der Waals surface area contributed by atoms with E-state index in [9.17, 15) is 14.9 Å². The van der Waals surface area contributed by atoms with Gasteiger partial charge in [-0.25, -0.2) is 15.0 Å². The predicted octanol–water partition coefficient (Wildman–Crippen LogP) is 2.33. The van der Waals surface area contributed by atoms with Crippen molar-refractivity contribution in [1.82, 2.24) is 25.4 Å². The van der Waals surface area contributed by atoms with Crippen LogP contribution in [0.15, 0.2) is 49.1 Å². The summed E-state index contributed by atoms with van der Waals surface area (Å²) < 4.78 is 0. The Kier molecular flexibility index (Phi) is 5.33. The molecule has 0 fully saturated rings. The van der Waals surface area contributed by atoms with Gasteiger partial charge in [0.2, 0.25) is 11.6 Å². The molecule has 1 amide bonds. The van der Waals surface area contributed by atoms with Crippen LogP contribution in [0, 0.1) is 10.1 Å². The number of anilines is 3. The molecule has 0 spiro atoms. The van der Waals surface area contributed by atoms with Gasteiger partial charge in [-0.2, -0.15) is 0 Å². The predicted molar refractivity (Wildman–Crippen MR) is 96.5 cm³/mol. The van der Waals surface area contributed by atoms with E-state index in [1.165, 1.54) is 18.5 Å². The number of rotatable bonds is 6. The van der Waals surface area contributed by atoms with Gasteiger partial charge in [-0.1, -0.05) is 17.7 Å². The van der Waals surface area contributed by atoms with Crippen LogP contribution in [0.25, 0.3) is 0 Å². The van der Waals surface area contributed by atoms with Crippen molar-refractivity contribution in [2.75, 3.05) is 10.7 Å². The largest absolute Gasteiger partial charge is 0.355 e. The number of hydrazine groups is 1. The van der Waals surface area contributed by atoms with Crippen molar-refractivity contribution in [3.05, 3.63) is 70.0 Å². The Morgan fingerprint density at radius 1 is 1.04 bits per heavy atom. The zero-order chi connectivity index (χ0) is 19.2. The highest BCUT2D eigenvalue weighted by molar-refractivity contribution is 6.32. The fourth-order valence-electron chi connectivity index (χ4n) is 2.02. The van der Waals surface area contributed by atoms with Gasteiger partial charge in [-0.3, -0.25) is 30.7 Å². The maximum absolute atomic E-state index is 12.0. The summed E-state index contributed by atoms with van der Waals surface area (Å²) in [7, 11) is 0. The highest BCUT2D eigenvalue weighted by atomic mass is 35.5. The minimum atomic E-state index is -0.693. The van der Waals surface area contributed by atoms with Crippen molar-refractivity contribution < 1.29 is 9.72 Å². The van der Waals surface area contributed by atoms with Gasteiger partial charge >= 0.3 is 5.69 Å². The first-order valence-corrected chi connectivity index (χ1v) is 7.78. The van der Waals surface area contributed by atoms with Gasteiger partial charge in [0.05, 0.1) is 10.6 Å². The summed E-state index contributed by atoms with van der Waals surface area (Å²) in [5, 5.41) is 14.3. The molecule has 0 aromatic carbocycles. The van der Waals surface area contributed by atoms with E-state index in [2.05, 4.69) is 36.1 Å². The summed E-state index contributed by atoms with van der Waals surface area (Å²) in [6.45, 7) is 0. The van der Waals surface area contributed by atoms with Gasteiger partial charge in [0.15, 0.2) is 5.15 Å². The van der Waals surface area contributed by atoms with Crippen LogP contribution >= 0.6 is 11.6 Å². The van der Waals surface area contributed by atoms with E-state index in [0.717, 1.165) is 6.33 Å². The van der Waals surface area contributed by atoms with Crippen LogP contribution in [0.1, 0.15) is 10.5 Å². The second kappa shape index (κ2) is 8.01. The number of amides is 1. The van der Waals surface area contributed by atoms with Crippen molar-refractivity contribution in [3.8, 4) is 0 Å². The topological polar surface area (TPSA) is 148 Å². The third-order valence-electron chi connectivity index (χ3n) is 3.21. The molecule has 136 valence electrons. The van der Waals surface area contributed by atoms with Crippen molar-refractivity contribution in [3.63, 3.8) is 0 Å². The molecule has 3 aromatic rings. The van der Waals surface area contributed by atoms with Crippen LogP contribution in [0.4, 0.5) is 23.0 Å². The molecule has 0 bridgehead atoms. The quantitative estimate of drug-likeness (QED) is 0.329. The molecular formula is C15H11ClN8O3. The summed E-state index contributed by atoms with van der Waals surface area (Å²) in [5.41, 5.74) is 4.68. The summed E-state index contributed by atoms with van der Waals surface area (Å²) in [5.74, 6) is -0.936. The van der Waals surface area contributed by atoms with Gasteiger partial charge in [-0.05, 0) is 24.3 Å². The molecular weight excluding hydrogens is 376 g/mol. The Morgan fingerprint density at radius 3 is 2.52 bits per heavy atom. The fraction of sp³-hybridized carbons (Fsp3) is 0. The second-order valence-electron chi connectivity index (χ2n) is 4.94. The van der Waals surface area contributed by atoms with Gasteiger partial charge in [0.1, 0.15) is 12.0 Å². The molecule has 3 N–H and O–H groups in total. The lowest BCUT2D eigenvalue weighted by atomic mass is 10.3. The molecule has 0 atom stereocenters. The van der Waals surface area contributed by atoms with E-state index >= 15 is 0 Å². The SMILES string of the molecule is O=C(NNc1ncnc(Nc2cccnc2Cl)c1[N+](=O)[O-])c1ccccn1. The maximum atomic E-state index is 12.0. The molecule has 3 aromatic heterocycles. The van der Waals surface area contributed by atoms with E-state index in [0.29, 0.717) is 5.69 Å². The van der Waals surface area contributed by atoms with Crippen molar-refractivity contribution in [1.29, 1.82) is 0 Å². The summed E-state index contributed by atoms with van der Waals surface area (Å²) >= 11 is 5.95. The molecule has 11 nitrogen and oxygen atoms in total. The van der Waals surface area contributed by atoms with Crippen LogP contribution in [-0.2, 0) is 0 Å². The standard InChI is InChI=1S/C15H11ClN8O3/c16-12-9(5-3-7-18-12)21-13-11(24(26)27)14(20-8-19-13)22-23-15(25)10-4-1-2-6-17-10/h1-8H,(H,23,25)(H2,19,20,21,22). The fourth-order valence-corrected chi connectivity index (χ4v) is 2.19. The monoisotopic (exact) mass is 386 g/mol. The molecule has 0 aliphatic carbocycles. The molecule has 3 rings (SSSR count). The number of hydrogen-bond donors (Lipinski definition) is 3. The van der Waals surface area contributed by atoms with Crippen LogP contribution in [0.2, 0.25) is 5.15 Å². The Bertz CT molecular complexity index is 986. The average molecular weight is 387 g/mol. The number of carbonyl (C=O) groups excluding carboxylic acids is 1. The van der Waals surface area contributed by atoms with Crippen molar-refractivity contribution in [2.45, 2.75) is 0 Å². The van der Waals surface area contributed by atoms with Crippen LogP contribution < -0.4 is 16.2 Å². The Balaban J connectivity index is 1.84. The van der Waals surface area contributed by atoms with Gasteiger partial charge < -0.3 is 5.32 Å². The molecule has 0 unspecified atom stereocenters. The van der Waals surface area contributed by atoms with E-state index in [4.69, 9.17) is 11.6 Å². The number of hydrogen-bond acceptors (Lipinski definition) is 9. The Hall–Kier alpha value is -3.86.